The van der Waals surface area contributed by atoms with Gasteiger partial charge in [0, 0.05) is 55.5 Å². The van der Waals surface area contributed by atoms with Crippen molar-refractivity contribution in [2.24, 2.45) is 0 Å². The van der Waals surface area contributed by atoms with Gasteiger partial charge in [0.15, 0.2) is 0 Å². The van der Waals surface area contributed by atoms with Crippen molar-refractivity contribution in [3.63, 3.8) is 0 Å². The lowest BCUT2D eigenvalue weighted by Gasteiger charge is -2.43. The first kappa shape index (κ1) is 28.4. The molecule has 3 saturated heterocycles. The van der Waals surface area contributed by atoms with E-state index in [1.807, 2.05) is 12.3 Å². The predicted molar refractivity (Wildman–Crippen MR) is 161 cm³/mol. The van der Waals surface area contributed by atoms with E-state index in [2.05, 4.69) is 59.2 Å². The van der Waals surface area contributed by atoms with E-state index in [0.29, 0.717) is 6.61 Å². The Kier molecular flexibility index (Phi) is 9.39. The van der Waals surface area contributed by atoms with Gasteiger partial charge in [-0.05, 0) is 61.9 Å². The van der Waals surface area contributed by atoms with Crippen molar-refractivity contribution in [3.8, 4) is 11.1 Å². The molecule has 4 atom stereocenters. The van der Waals surface area contributed by atoms with Crippen LogP contribution in [0.2, 0.25) is 0 Å². The Balaban J connectivity index is 1.23. The van der Waals surface area contributed by atoms with Gasteiger partial charge in [-0.15, -0.1) is 0 Å². The maximum Gasteiger partial charge on any atom is 0.148 e. The second-order valence-electron chi connectivity index (χ2n) is 11.7. The number of aromatic nitrogens is 1. The highest BCUT2D eigenvalue weighted by atomic mass is 16.5. The molecule has 0 saturated carbocycles. The lowest BCUT2D eigenvalue weighted by atomic mass is 9.89. The third-order valence-electron chi connectivity index (χ3n) is 9.18. The second kappa shape index (κ2) is 13.5. The van der Waals surface area contributed by atoms with Crippen LogP contribution in [0, 0.1) is 6.92 Å². The van der Waals surface area contributed by atoms with Crippen LogP contribution in [0.3, 0.4) is 0 Å². The molecule has 0 aliphatic carbocycles. The van der Waals surface area contributed by atoms with Gasteiger partial charge in [-0.1, -0.05) is 48.9 Å². The zero-order chi connectivity index (χ0) is 28.0. The number of hydrogen-bond donors (Lipinski definition) is 0. The van der Waals surface area contributed by atoms with Gasteiger partial charge in [0.25, 0.3) is 0 Å². The molecule has 7 nitrogen and oxygen atoms in total. The minimum atomic E-state index is -0.284. The SMILES string of the molecule is Cc1c(-c2ccc(C(OCCCN3CCOCC3)C3CCCCN3C3CO[C@@H](C=O)C3)cc2)cnc2ccccc12. The fourth-order valence-corrected chi connectivity index (χ4v) is 6.90. The summed E-state index contributed by atoms with van der Waals surface area (Å²) in [5.41, 5.74) is 5.84. The molecule has 0 spiro atoms. The van der Waals surface area contributed by atoms with Crippen LogP contribution >= 0.6 is 0 Å². The fourth-order valence-electron chi connectivity index (χ4n) is 6.90. The Hall–Kier alpha value is -2.68. The molecule has 0 amide bonds. The number of carbonyl (C=O) groups is 1. The molecule has 41 heavy (non-hydrogen) atoms. The van der Waals surface area contributed by atoms with Crippen molar-refractivity contribution in [2.75, 3.05) is 52.6 Å². The van der Waals surface area contributed by atoms with Crippen LogP contribution in [0.25, 0.3) is 22.0 Å². The lowest BCUT2D eigenvalue weighted by Crippen LogP contribution is -2.50. The first-order valence-corrected chi connectivity index (χ1v) is 15.4. The molecule has 3 unspecified atom stereocenters. The van der Waals surface area contributed by atoms with E-state index in [-0.39, 0.29) is 24.3 Å². The molecule has 6 rings (SSSR count). The first-order chi connectivity index (χ1) is 20.2. The van der Waals surface area contributed by atoms with E-state index >= 15 is 0 Å². The van der Waals surface area contributed by atoms with Crippen molar-refractivity contribution in [2.45, 2.75) is 63.3 Å². The number of aryl methyl sites for hydroxylation is 1. The molecule has 3 fully saturated rings. The van der Waals surface area contributed by atoms with Gasteiger partial charge < -0.3 is 19.0 Å². The van der Waals surface area contributed by atoms with E-state index in [4.69, 9.17) is 19.2 Å². The molecular weight excluding hydrogens is 514 g/mol. The number of nitrogens with zero attached hydrogens (tertiary/aromatic N) is 3. The number of morpholine rings is 1. The van der Waals surface area contributed by atoms with Crippen molar-refractivity contribution >= 4 is 17.2 Å². The van der Waals surface area contributed by atoms with Crippen molar-refractivity contribution in [1.82, 2.24) is 14.8 Å². The highest BCUT2D eigenvalue weighted by molar-refractivity contribution is 5.88. The molecule has 1 aromatic heterocycles. The van der Waals surface area contributed by atoms with Gasteiger partial charge in [0.05, 0.1) is 31.4 Å². The van der Waals surface area contributed by atoms with Crippen molar-refractivity contribution in [3.05, 3.63) is 65.9 Å². The largest absolute Gasteiger partial charge is 0.379 e. The maximum atomic E-state index is 11.4. The van der Waals surface area contributed by atoms with E-state index in [1.54, 1.807) is 0 Å². The monoisotopic (exact) mass is 557 g/mol. The number of para-hydroxylation sites is 1. The lowest BCUT2D eigenvalue weighted by molar-refractivity contribution is -0.115. The Labute approximate surface area is 243 Å². The highest BCUT2D eigenvalue weighted by Gasteiger charge is 2.39. The van der Waals surface area contributed by atoms with Crippen LogP contribution in [0.15, 0.2) is 54.7 Å². The summed E-state index contributed by atoms with van der Waals surface area (Å²) >= 11 is 0. The summed E-state index contributed by atoms with van der Waals surface area (Å²) in [5, 5.41) is 1.20. The number of ether oxygens (including phenoxy) is 3. The molecule has 7 heteroatoms. The topological polar surface area (TPSA) is 64.1 Å². The van der Waals surface area contributed by atoms with E-state index in [0.717, 1.165) is 77.1 Å². The number of pyridine rings is 1. The summed E-state index contributed by atoms with van der Waals surface area (Å²) in [6.45, 7) is 9.25. The Morgan fingerprint density at radius 3 is 2.71 bits per heavy atom. The molecular formula is C34H43N3O4. The Morgan fingerprint density at radius 2 is 1.90 bits per heavy atom. The van der Waals surface area contributed by atoms with Crippen LogP contribution in [-0.2, 0) is 19.0 Å². The minimum absolute atomic E-state index is 0.0276. The average Bonchev–Trinajstić information content (AvgIpc) is 3.52. The number of aldehydes is 1. The van der Waals surface area contributed by atoms with Crippen molar-refractivity contribution < 1.29 is 19.0 Å². The van der Waals surface area contributed by atoms with Gasteiger partial charge in [-0.2, -0.15) is 0 Å². The second-order valence-corrected chi connectivity index (χ2v) is 11.7. The summed E-state index contributed by atoms with van der Waals surface area (Å²) in [6, 6.07) is 17.8. The number of rotatable bonds is 10. The molecule has 3 aliphatic rings. The highest BCUT2D eigenvalue weighted by Crippen LogP contribution is 2.36. The van der Waals surface area contributed by atoms with Gasteiger partial charge in [0.1, 0.15) is 12.4 Å². The molecule has 0 radical (unpaired) electrons. The first-order valence-electron chi connectivity index (χ1n) is 15.4. The molecule has 0 bridgehead atoms. The molecule has 3 aliphatic heterocycles. The van der Waals surface area contributed by atoms with Gasteiger partial charge in [-0.3, -0.25) is 14.8 Å². The van der Waals surface area contributed by atoms with Gasteiger partial charge in [-0.25, -0.2) is 0 Å². The van der Waals surface area contributed by atoms with Crippen LogP contribution in [0.4, 0.5) is 0 Å². The Bertz CT molecular complexity index is 1290. The minimum Gasteiger partial charge on any atom is -0.379 e. The third kappa shape index (κ3) is 6.55. The maximum absolute atomic E-state index is 11.4. The molecule has 3 aromatic rings. The third-order valence-corrected chi connectivity index (χ3v) is 9.18. The van der Waals surface area contributed by atoms with Crippen LogP contribution in [0.1, 0.15) is 49.3 Å². The number of likely N-dealkylation sites (tertiary alicyclic amines) is 1. The number of fused-ring (bicyclic) bond motifs is 1. The van der Waals surface area contributed by atoms with E-state index in [1.165, 1.54) is 40.5 Å². The zero-order valence-corrected chi connectivity index (χ0v) is 24.2. The summed E-state index contributed by atoms with van der Waals surface area (Å²) in [6.07, 6.45) is 7.88. The number of hydrogen-bond acceptors (Lipinski definition) is 7. The van der Waals surface area contributed by atoms with Crippen molar-refractivity contribution in [1.29, 1.82) is 0 Å². The smallest absolute Gasteiger partial charge is 0.148 e. The van der Waals surface area contributed by atoms with Crippen LogP contribution in [0.5, 0.6) is 0 Å². The quantitative estimate of drug-likeness (QED) is 0.251. The molecule has 0 N–H and O–H groups in total. The summed E-state index contributed by atoms with van der Waals surface area (Å²) in [4.78, 5) is 21.2. The Morgan fingerprint density at radius 1 is 1.07 bits per heavy atom. The fraction of sp³-hybridized carbons (Fsp3) is 0.529. The molecule has 2 aromatic carbocycles. The van der Waals surface area contributed by atoms with Crippen LogP contribution in [-0.4, -0.2) is 91.9 Å². The summed E-state index contributed by atoms with van der Waals surface area (Å²) < 4.78 is 18.1. The van der Waals surface area contributed by atoms with E-state index in [9.17, 15) is 4.79 Å². The standard InChI is InChI=1S/C34H43N3O4/c1-25-30-7-2-3-8-32(30)35-22-31(25)26-10-12-27(13-11-26)34(40-18-6-14-36-16-19-39-20-17-36)33-9-4-5-15-37(33)28-21-29(23-38)41-24-28/h2-3,7-8,10-13,22-23,28-29,33-34H,4-6,9,14-21,24H2,1H3/t28?,29-,33?,34?/m1/s1. The van der Waals surface area contributed by atoms with Gasteiger partial charge >= 0.3 is 0 Å². The normalized spacial score (nSPS) is 25.0. The predicted octanol–water partition coefficient (Wildman–Crippen LogP) is 5.20. The number of piperidine rings is 1. The number of benzene rings is 2. The van der Waals surface area contributed by atoms with Crippen LogP contribution < -0.4 is 0 Å². The zero-order valence-electron chi connectivity index (χ0n) is 24.2. The van der Waals surface area contributed by atoms with E-state index < -0.39 is 0 Å². The molecule has 218 valence electrons. The number of carbonyl (C=O) groups excluding carboxylic acids is 1. The average molecular weight is 558 g/mol. The molecule has 4 heterocycles. The van der Waals surface area contributed by atoms with Gasteiger partial charge in [0.2, 0.25) is 0 Å². The summed E-state index contributed by atoms with van der Waals surface area (Å²) in [5.74, 6) is 0. The summed E-state index contributed by atoms with van der Waals surface area (Å²) in [7, 11) is 0.